The van der Waals surface area contributed by atoms with Crippen LogP contribution in [0.1, 0.15) is 35.2 Å². The molecule has 35 heavy (non-hydrogen) atoms. The van der Waals surface area contributed by atoms with Crippen LogP contribution < -0.4 is 22.1 Å². The zero-order chi connectivity index (χ0) is 24.6. The Hall–Kier alpha value is -3.65. The minimum absolute atomic E-state index is 0.0181. The molecule has 5 rings (SSSR count). The number of aryl methyl sites for hydroxylation is 1. The van der Waals surface area contributed by atoms with Crippen molar-refractivity contribution in [2.24, 2.45) is 16.1 Å². The largest absolute Gasteiger partial charge is 0.384 e. The number of likely N-dealkylation sites (tertiary alicyclic amines) is 1. The lowest BCUT2D eigenvalue weighted by Gasteiger charge is -2.39. The number of anilines is 1. The number of rotatable bonds is 6. The summed E-state index contributed by atoms with van der Waals surface area (Å²) in [7, 11) is 0. The fraction of sp³-hybridized carbons (Fsp3) is 0.370. The zero-order valence-corrected chi connectivity index (χ0v) is 20.1. The number of para-hydroxylation sites is 1. The van der Waals surface area contributed by atoms with Gasteiger partial charge in [0.25, 0.3) is 5.91 Å². The van der Waals surface area contributed by atoms with E-state index in [2.05, 4.69) is 34.3 Å². The number of piperidine rings is 1. The third-order valence-corrected chi connectivity index (χ3v) is 7.60. The van der Waals surface area contributed by atoms with Gasteiger partial charge in [-0.25, -0.2) is 0 Å². The highest BCUT2D eigenvalue weighted by Crippen LogP contribution is 2.53. The molecule has 0 radical (unpaired) electrons. The fourth-order valence-corrected chi connectivity index (χ4v) is 5.49. The summed E-state index contributed by atoms with van der Waals surface area (Å²) >= 11 is 0. The molecule has 4 atom stereocenters. The quantitative estimate of drug-likeness (QED) is 0.324. The van der Waals surface area contributed by atoms with Crippen molar-refractivity contribution in [2.75, 3.05) is 18.4 Å². The molecule has 0 aromatic heterocycles. The van der Waals surface area contributed by atoms with Gasteiger partial charge in [0, 0.05) is 42.0 Å². The molecule has 1 amide bonds. The van der Waals surface area contributed by atoms with Crippen molar-refractivity contribution in [3.63, 3.8) is 0 Å². The van der Waals surface area contributed by atoms with E-state index < -0.39 is 0 Å². The molecule has 2 fully saturated rings. The van der Waals surface area contributed by atoms with E-state index in [4.69, 9.17) is 16.1 Å². The molecule has 3 aliphatic rings. The lowest BCUT2D eigenvalue weighted by molar-refractivity contribution is -0.408. The summed E-state index contributed by atoms with van der Waals surface area (Å²) in [5.74, 6) is 0.0162. The first kappa shape index (κ1) is 23.1. The number of amidine groups is 1. The highest BCUT2D eigenvalue weighted by Gasteiger charge is 2.57. The number of dihydropyridines is 1. The van der Waals surface area contributed by atoms with Gasteiger partial charge in [-0.2, -0.15) is 0 Å². The van der Waals surface area contributed by atoms with Gasteiger partial charge in [-0.1, -0.05) is 36.4 Å². The number of carbonyl (C=O) groups is 1. The van der Waals surface area contributed by atoms with Gasteiger partial charge >= 0.3 is 0 Å². The van der Waals surface area contributed by atoms with Gasteiger partial charge in [-0.05, 0) is 49.9 Å². The van der Waals surface area contributed by atoms with E-state index in [0.29, 0.717) is 5.56 Å². The molecule has 1 saturated heterocycles. The monoisotopic (exact) mass is 472 g/mol. The van der Waals surface area contributed by atoms with E-state index in [1.807, 2.05) is 54.7 Å². The molecule has 2 heterocycles. The smallest absolute Gasteiger partial charge is 0.251 e. The number of carbonyl (C=O) groups excluding carboxylic acids is 1. The predicted molar refractivity (Wildman–Crippen MR) is 138 cm³/mol. The van der Waals surface area contributed by atoms with Crippen LogP contribution in [0.25, 0.3) is 0 Å². The number of aliphatic imine (C=N–C) groups is 1. The van der Waals surface area contributed by atoms with Crippen molar-refractivity contribution >= 4 is 23.6 Å². The van der Waals surface area contributed by atoms with Crippen LogP contribution in [0.5, 0.6) is 0 Å². The van der Waals surface area contributed by atoms with Gasteiger partial charge in [-0.3, -0.25) is 15.2 Å². The molecule has 182 valence electrons. The lowest BCUT2D eigenvalue weighted by atomic mass is 9.91. The topological polar surface area (TPSA) is 134 Å². The van der Waals surface area contributed by atoms with Crippen molar-refractivity contribution in [2.45, 2.75) is 44.4 Å². The predicted octanol–water partition coefficient (Wildman–Crippen LogP) is 1.90. The number of hydrogen-bond donors (Lipinski definition) is 5. The molecule has 0 bridgehead atoms. The van der Waals surface area contributed by atoms with E-state index in [9.17, 15) is 4.79 Å². The molecule has 2 aliphatic heterocycles. The van der Waals surface area contributed by atoms with E-state index >= 15 is 0 Å². The Bertz CT molecular complexity index is 1190. The third-order valence-electron chi connectivity index (χ3n) is 7.60. The average molecular weight is 473 g/mol. The number of hydrogen-bond acceptors (Lipinski definition) is 5. The highest BCUT2D eigenvalue weighted by molar-refractivity contribution is 6.02. The highest BCUT2D eigenvalue weighted by atomic mass is 16.1. The Balaban J connectivity index is 1.31. The van der Waals surface area contributed by atoms with Crippen molar-refractivity contribution in [3.05, 3.63) is 77.0 Å². The van der Waals surface area contributed by atoms with E-state index in [0.717, 1.165) is 54.9 Å². The van der Waals surface area contributed by atoms with Crippen LogP contribution in [0.15, 0.2) is 70.9 Å². The van der Waals surface area contributed by atoms with Crippen LogP contribution in [0.3, 0.4) is 0 Å². The van der Waals surface area contributed by atoms with Gasteiger partial charge in [-0.15, -0.1) is 0 Å². The molecule has 8 nitrogen and oxygen atoms in total. The maximum absolute atomic E-state index is 12.7. The molecular formula is C27H34N7O+. The van der Waals surface area contributed by atoms with Gasteiger partial charge < -0.3 is 27.0 Å². The van der Waals surface area contributed by atoms with Crippen molar-refractivity contribution in [1.82, 2.24) is 10.2 Å². The van der Waals surface area contributed by atoms with Crippen molar-refractivity contribution < 1.29 is 10.5 Å². The Kier molecular flexibility index (Phi) is 6.06. The number of quaternary nitrogens is 1. The van der Waals surface area contributed by atoms with Gasteiger partial charge in [0.2, 0.25) is 0 Å². The average Bonchev–Trinajstić information content (AvgIpc) is 3.51. The van der Waals surface area contributed by atoms with Crippen LogP contribution in [0.4, 0.5) is 5.69 Å². The van der Waals surface area contributed by atoms with Crippen molar-refractivity contribution in [3.8, 4) is 0 Å². The Morgan fingerprint density at radius 1 is 1.20 bits per heavy atom. The number of allylic oxidation sites excluding steroid dienone is 1. The molecule has 2 aromatic rings. The number of nitrogens with one attached hydrogen (secondary N) is 3. The summed E-state index contributed by atoms with van der Waals surface area (Å²) in [6, 6.07) is 17.3. The summed E-state index contributed by atoms with van der Waals surface area (Å²) in [4.78, 5) is 19.8. The van der Waals surface area contributed by atoms with Crippen LogP contribution in [0.2, 0.25) is 0 Å². The SMILES string of the molecule is Cc1ccccc1NC1N=CC(N2CCC[C@@]3(CC3NC(=O)c3ccccc3)C2)=C(C(=N)N)C1[NH3+]. The molecule has 3 unspecified atom stereocenters. The minimum atomic E-state index is -0.295. The first-order valence-corrected chi connectivity index (χ1v) is 12.3. The molecule has 1 aliphatic carbocycles. The maximum Gasteiger partial charge on any atom is 0.251 e. The zero-order valence-electron chi connectivity index (χ0n) is 20.1. The van der Waals surface area contributed by atoms with E-state index in [-0.39, 0.29) is 35.4 Å². The number of amides is 1. The van der Waals surface area contributed by atoms with Gasteiger partial charge in [0.05, 0.1) is 11.3 Å². The van der Waals surface area contributed by atoms with Crippen LogP contribution in [0, 0.1) is 17.7 Å². The van der Waals surface area contributed by atoms with E-state index in [1.165, 1.54) is 0 Å². The van der Waals surface area contributed by atoms with E-state index in [1.54, 1.807) is 0 Å². The summed E-state index contributed by atoms with van der Waals surface area (Å²) in [5, 5.41) is 15.0. The van der Waals surface area contributed by atoms with Gasteiger partial charge in [0.1, 0.15) is 5.84 Å². The summed E-state index contributed by atoms with van der Waals surface area (Å²) in [6.45, 7) is 3.74. The number of nitrogens with two attached hydrogens (primary N) is 1. The Morgan fingerprint density at radius 3 is 2.69 bits per heavy atom. The third kappa shape index (κ3) is 4.53. The van der Waals surface area contributed by atoms with Crippen molar-refractivity contribution in [1.29, 1.82) is 5.41 Å². The maximum atomic E-state index is 12.7. The molecular weight excluding hydrogens is 438 g/mol. The van der Waals surface area contributed by atoms with Crippen LogP contribution in [-0.2, 0) is 0 Å². The molecule has 8 N–H and O–H groups in total. The summed E-state index contributed by atoms with van der Waals surface area (Å²) < 4.78 is 0. The molecule has 8 heteroatoms. The summed E-state index contributed by atoms with van der Waals surface area (Å²) in [5.41, 5.74) is 14.9. The van der Waals surface area contributed by atoms with Crippen LogP contribution >= 0.6 is 0 Å². The fourth-order valence-electron chi connectivity index (χ4n) is 5.49. The first-order chi connectivity index (χ1) is 16.9. The summed E-state index contributed by atoms with van der Waals surface area (Å²) in [6.07, 6.45) is 4.62. The van der Waals surface area contributed by atoms with Crippen LogP contribution in [-0.4, -0.2) is 54.2 Å². The second kappa shape index (κ2) is 9.19. The second-order valence-corrected chi connectivity index (χ2v) is 9.99. The normalized spacial score (nSPS) is 27.6. The number of benzene rings is 2. The molecule has 1 saturated carbocycles. The Labute approximate surface area is 206 Å². The lowest BCUT2D eigenvalue weighted by Crippen LogP contribution is -2.71. The minimum Gasteiger partial charge on any atom is -0.384 e. The molecule has 1 spiro atoms. The second-order valence-electron chi connectivity index (χ2n) is 9.99. The first-order valence-electron chi connectivity index (χ1n) is 12.3. The standard InChI is InChI=1S/C27H33N7O/c1-17-8-5-6-11-19(17)32-25-23(28)22(24(29)30)20(15-31-25)34-13-7-12-27(16-34)14-21(27)33-26(35)18-9-3-2-4-10-18/h2-6,8-11,15,21,23,25,32H,7,12-14,16,28H2,1H3,(H3,29,30)(H,33,35)/p+1/t21?,23?,25?,27-/m1/s1. The van der Waals surface area contributed by atoms with Gasteiger partial charge in [0.15, 0.2) is 12.2 Å². The molecule has 2 aromatic carbocycles. The number of nitrogens with zero attached hydrogens (tertiary/aromatic N) is 2. The Morgan fingerprint density at radius 2 is 1.94 bits per heavy atom.